The summed E-state index contributed by atoms with van der Waals surface area (Å²) in [4.78, 5) is 33.5. The number of hydrogen-bond acceptors (Lipinski definition) is 8. The fraction of sp³-hybridized carbons (Fsp3) is 0.696. The zero-order chi connectivity index (χ0) is 41.9. The number of phosphoric acid groups is 1. The fourth-order valence-corrected chi connectivity index (χ4v) is 6.39. The Balaban J connectivity index is 4.32. The van der Waals surface area contributed by atoms with E-state index in [1.165, 1.54) is 96.3 Å². The monoisotopic (exact) mass is 822 g/mol. The quantitative estimate of drug-likeness (QED) is 0.0235. The lowest BCUT2D eigenvalue weighted by Crippen LogP contribution is -2.34. The number of rotatable bonds is 41. The lowest BCUT2D eigenvalue weighted by molar-refractivity contribution is -0.153. The molecule has 0 heterocycles. The summed E-state index contributed by atoms with van der Waals surface area (Å²) in [7, 11) is -4.64. The van der Waals surface area contributed by atoms with Crippen molar-refractivity contribution in [1.82, 2.24) is 0 Å². The topological polar surface area (TPSA) is 155 Å². The van der Waals surface area contributed by atoms with Gasteiger partial charge in [0.15, 0.2) is 0 Å². The summed E-state index contributed by atoms with van der Waals surface area (Å²) < 4.78 is 33.2. The van der Waals surface area contributed by atoms with Crippen molar-refractivity contribution in [3.8, 4) is 0 Å². The first-order valence-corrected chi connectivity index (χ1v) is 23.5. The summed E-state index contributed by atoms with van der Waals surface area (Å²) >= 11 is 0. The van der Waals surface area contributed by atoms with Crippen molar-refractivity contribution in [3.63, 3.8) is 0 Å². The Hall–Kier alpha value is -2.59. The molecule has 0 aromatic heterocycles. The molecule has 10 nitrogen and oxygen atoms in total. The van der Waals surface area contributed by atoms with Crippen LogP contribution in [0.2, 0.25) is 0 Å². The van der Waals surface area contributed by atoms with Gasteiger partial charge in [-0.3, -0.25) is 18.6 Å². The van der Waals surface area contributed by atoms with Gasteiger partial charge < -0.3 is 25.2 Å². The SMILES string of the molecule is CC/C=C\C/C=C\C/C=C\C/C=C\C/C=C\CC(=O)OC(COCCCCCCCCCCCC/C=C\CCCCCCCC)COP(=O)(O)OCC(N)C(=O)O. The summed E-state index contributed by atoms with van der Waals surface area (Å²) in [5.41, 5.74) is 5.35. The van der Waals surface area contributed by atoms with Crippen LogP contribution < -0.4 is 5.73 Å². The molecule has 0 aromatic carbocycles. The highest BCUT2D eigenvalue weighted by Crippen LogP contribution is 2.43. The third kappa shape index (κ3) is 41.4. The van der Waals surface area contributed by atoms with Crippen LogP contribution in [0.4, 0.5) is 0 Å². The maximum atomic E-state index is 12.6. The third-order valence-corrected chi connectivity index (χ3v) is 9.95. The van der Waals surface area contributed by atoms with Gasteiger partial charge in [0.2, 0.25) is 0 Å². The van der Waals surface area contributed by atoms with Gasteiger partial charge in [-0.1, -0.05) is 170 Å². The van der Waals surface area contributed by atoms with E-state index in [1.54, 1.807) is 6.08 Å². The highest BCUT2D eigenvalue weighted by molar-refractivity contribution is 7.47. The van der Waals surface area contributed by atoms with E-state index >= 15 is 0 Å². The number of carboxylic acid groups (broad SMARTS) is 1. The molecule has 0 rings (SSSR count). The Kier molecular flexibility index (Phi) is 39.7. The molecule has 3 unspecified atom stereocenters. The highest BCUT2D eigenvalue weighted by atomic mass is 31.2. The Labute approximate surface area is 346 Å². The Bertz CT molecular complexity index is 1180. The van der Waals surface area contributed by atoms with Crippen LogP contribution in [0.25, 0.3) is 0 Å². The minimum atomic E-state index is -4.64. The number of nitrogens with two attached hydrogens (primary N) is 1. The van der Waals surface area contributed by atoms with Crippen molar-refractivity contribution in [3.05, 3.63) is 72.9 Å². The zero-order valence-electron chi connectivity index (χ0n) is 35.7. The van der Waals surface area contributed by atoms with Crippen molar-refractivity contribution in [2.24, 2.45) is 5.73 Å². The van der Waals surface area contributed by atoms with Crippen LogP contribution >= 0.6 is 7.82 Å². The van der Waals surface area contributed by atoms with Gasteiger partial charge in [0.1, 0.15) is 12.1 Å². The predicted molar refractivity (Wildman–Crippen MR) is 235 cm³/mol. The average molecular weight is 822 g/mol. The predicted octanol–water partition coefficient (Wildman–Crippen LogP) is 12.2. The van der Waals surface area contributed by atoms with Crippen LogP contribution in [-0.2, 0) is 32.7 Å². The second-order valence-electron chi connectivity index (χ2n) is 14.5. The number of ether oxygens (including phenoxy) is 2. The molecule has 0 aromatic rings. The number of carbonyl (C=O) groups is 2. The van der Waals surface area contributed by atoms with Crippen LogP contribution in [0, 0.1) is 0 Å². The zero-order valence-corrected chi connectivity index (χ0v) is 36.6. The number of hydrogen-bond donors (Lipinski definition) is 3. The van der Waals surface area contributed by atoms with Gasteiger partial charge in [0, 0.05) is 6.61 Å². The molecule has 0 bridgehead atoms. The molecule has 0 aliphatic rings. The number of aliphatic carboxylic acids is 1. The minimum Gasteiger partial charge on any atom is -0.480 e. The molecule has 0 fully saturated rings. The van der Waals surface area contributed by atoms with Gasteiger partial charge in [-0.25, -0.2) is 4.57 Å². The van der Waals surface area contributed by atoms with Crippen LogP contribution in [0.5, 0.6) is 0 Å². The second-order valence-corrected chi connectivity index (χ2v) is 15.9. The van der Waals surface area contributed by atoms with Crippen LogP contribution in [-0.4, -0.2) is 60.5 Å². The van der Waals surface area contributed by atoms with Gasteiger partial charge in [-0.2, -0.15) is 0 Å². The number of carboxylic acids is 1. The molecular weight excluding hydrogens is 741 g/mol. The third-order valence-electron chi connectivity index (χ3n) is 9.00. The molecule has 328 valence electrons. The van der Waals surface area contributed by atoms with Crippen molar-refractivity contribution >= 4 is 19.8 Å². The maximum Gasteiger partial charge on any atom is 0.472 e. The maximum absolute atomic E-state index is 12.6. The number of allylic oxidation sites excluding steroid dienone is 11. The standard InChI is InChI=1S/C46H80NO9P/c1-3-5-7-9-11-13-15-17-19-20-21-22-23-25-27-29-31-33-35-37-39-53-40-43(41-54-57(51,52)55-42-44(47)46(49)50)56-45(48)38-36-34-32-30-28-26-24-18-16-14-12-10-8-6-4-2/h6,8,12,14,17-19,24,28,30,34,36,43-44H,3-5,7,9-11,13,15-16,20-23,25-27,29,31-33,35,37-42,47H2,1-2H3,(H,49,50)(H,51,52)/b8-6-,14-12-,19-17-,24-18-,30-28-,36-34-. The van der Waals surface area contributed by atoms with Gasteiger partial charge in [0.05, 0.1) is 26.2 Å². The number of carbonyl (C=O) groups excluding carboxylic acids is 1. The molecule has 0 aliphatic carbocycles. The van der Waals surface area contributed by atoms with E-state index in [0.717, 1.165) is 44.9 Å². The molecule has 11 heteroatoms. The summed E-state index contributed by atoms with van der Waals surface area (Å²) in [6.07, 6.45) is 51.3. The van der Waals surface area contributed by atoms with Gasteiger partial charge in [0.25, 0.3) is 0 Å². The molecule has 0 saturated heterocycles. The van der Waals surface area contributed by atoms with Crippen LogP contribution in [0.3, 0.4) is 0 Å². The van der Waals surface area contributed by atoms with Gasteiger partial charge >= 0.3 is 19.8 Å². The Morgan fingerprint density at radius 2 is 1.02 bits per heavy atom. The van der Waals surface area contributed by atoms with E-state index in [2.05, 4.69) is 68.5 Å². The molecule has 0 spiro atoms. The van der Waals surface area contributed by atoms with E-state index < -0.39 is 45.1 Å². The summed E-state index contributed by atoms with van der Waals surface area (Å²) in [6, 6.07) is -1.49. The van der Waals surface area contributed by atoms with Gasteiger partial charge in [-0.05, 0) is 64.2 Å². The number of esters is 1. The molecule has 57 heavy (non-hydrogen) atoms. The van der Waals surface area contributed by atoms with E-state index in [0.29, 0.717) is 13.0 Å². The van der Waals surface area contributed by atoms with E-state index in [4.69, 9.17) is 29.4 Å². The Morgan fingerprint density at radius 1 is 0.579 bits per heavy atom. The first kappa shape index (κ1) is 54.4. The summed E-state index contributed by atoms with van der Waals surface area (Å²) in [5.74, 6) is -1.92. The van der Waals surface area contributed by atoms with Gasteiger partial charge in [-0.15, -0.1) is 0 Å². The van der Waals surface area contributed by atoms with Crippen molar-refractivity contribution in [1.29, 1.82) is 0 Å². The average Bonchev–Trinajstić information content (AvgIpc) is 3.19. The van der Waals surface area contributed by atoms with Crippen LogP contribution in [0.15, 0.2) is 72.9 Å². The normalized spacial score (nSPS) is 14.6. The number of unbranched alkanes of at least 4 members (excludes halogenated alkanes) is 16. The lowest BCUT2D eigenvalue weighted by atomic mass is 10.1. The largest absolute Gasteiger partial charge is 0.480 e. The van der Waals surface area contributed by atoms with Crippen molar-refractivity contribution in [2.75, 3.05) is 26.4 Å². The number of phosphoric ester groups is 1. The van der Waals surface area contributed by atoms with E-state index in [-0.39, 0.29) is 13.0 Å². The fourth-order valence-electron chi connectivity index (χ4n) is 5.61. The molecule has 4 N–H and O–H groups in total. The molecule has 0 aliphatic heterocycles. The van der Waals surface area contributed by atoms with E-state index in [1.807, 2.05) is 12.2 Å². The van der Waals surface area contributed by atoms with Crippen molar-refractivity contribution in [2.45, 2.75) is 180 Å². The minimum absolute atomic E-state index is 0.0154. The molecule has 0 amide bonds. The first-order chi connectivity index (χ1) is 27.7. The first-order valence-electron chi connectivity index (χ1n) is 22.0. The summed E-state index contributed by atoms with van der Waals surface area (Å²) in [6.45, 7) is 3.63. The molecule has 0 radical (unpaired) electrons. The molecule has 3 atom stereocenters. The Morgan fingerprint density at radius 3 is 1.51 bits per heavy atom. The van der Waals surface area contributed by atoms with Crippen molar-refractivity contribution < 1.29 is 42.7 Å². The highest BCUT2D eigenvalue weighted by Gasteiger charge is 2.27. The molecular formula is C46H80NO9P. The molecule has 0 saturated carbocycles. The smallest absolute Gasteiger partial charge is 0.472 e. The second kappa shape index (κ2) is 41.6. The lowest BCUT2D eigenvalue weighted by Gasteiger charge is -2.20. The van der Waals surface area contributed by atoms with Crippen LogP contribution in [0.1, 0.15) is 168 Å². The summed E-state index contributed by atoms with van der Waals surface area (Å²) in [5, 5.41) is 8.89. The van der Waals surface area contributed by atoms with E-state index in [9.17, 15) is 19.0 Å².